The molecule has 8 nitrogen and oxygen atoms in total. The number of ether oxygens (including phenoxy) is 1. The maximum Gasteiger partial charge on any atom is 0.293 e. The van der Waals surface area contributed by atoms with Crippen LogP contribution >= 0.6 is 27.7 Å². The van der Waals surface area contributed by atoms with E-state index in [2.05, 4.69) is 25.9 Å². The van der Waals surface area contributed by atoms with E-state index in [0.29, 0.717) is 5.56 Å². The van der Waals surface area contributed by atoms with Gasteiger partial charge in [0.2, 0.25) is 5.95 Å². The van der Waals surface area contributed by atoms with Gasteiger partial charge in [-0.05, 0) is 51.5 Å². The highest BCUT2D eigenvalue weighted by atomic mass is 79.9. The fourth-order valence-electron chi connectivity index (χ4n) is 2.11. The summed E-state index contributed by atoms with van der Waals surface area (Å²) in [4.78, 5) is 32.3. The lowest BCUT2D eigenvalue weighted by Gasteiger charge is -2.09. The molecular weight excluding hydrogens is 455 g/mol. The molecule has 2 heterocycles. The number of phenols is 1. The molecule has 0 radical (unpaired) electrons. The van der Waals surface area contributed by atoms with E-state index in [-0.39, 0.29) is 26.6 Å². The molecule has 28 heavy (non-hydrogen) atoms. The molecule has 0 bridgehead atoms. The molecule has 0 aliphatic carbocycles. The van der Waals surface area contributed by atoms with E-state index >= 15 is 0 Å². The minimum atomic E-state index is -0.969. The number of aromatic hydroxyl groups is 1. The normalized spacial score (nSPS) is 15.8. The molecular formula is C17H12BrFN4O4S. The molecule has 1 saturated heterocycles. The second-order valence-electron chi connectivity index (χ2n) is 5.48. The van der Waals surface area contributed by atoms with Gasteiger partial charge in [0.25, 0.3) is 11.1 Å². The SMILES string of the molecule is CN1C(=O)S/C(=C\c2cc(O/C=C/c3cnc(N)nc3)c(O)c(F)c2Br)C1=O. The number of thioether (sulfide) groups is 1. The van der Waals surface area contributed by atoms with Gasteiger partial charge in [-0.15, -0.1) is 0 Å². The van der Waals surface area contributed by atoms with E-state index in [0.717, 1.165) is 16.7 Å². The predicted molar refractivity (Wildman–Crippen MR) is 106 cm³/mol. The van der Waals surface area contributed by atoms with Crippen molar-refractivity contribution in [3.63, 3.8) is 0 Å². The van der Waals surface area contributed by atoms with Gasteiger partial charge < -0.3 is 15.6 Å². The number of nitrogens with zero attached hydrogens (tertiary/aromatic N) is 3. The first kappa shape index (κ1) is 19.8. The lowest BCUT2D eigenvalue weighted by atomic mass is 10.1. The molecule has 3 N–H and O–H groups in total. The Balaban J connectivity index is 1.89. The Kier molecular flexibility index (Phi) is 5.66. The van der Waals surface area contributed by atoms with E-state index in [9.17, 15) is 19.1 Å². The number of carbonyl (C=O) groups excluding carboxylic acids is 2. The maximum atomic E-state index is 14.3. The van der Waals surface area contributed by atoms with Crippen molar-refractivity contribution >= 4 is 56.9 Å². The first-order valence-corrected chi connectivity index (χ1v) is 9.22. The Morgan fingerprint density at radius 1 is 1.36 bits per heavy atom. The average molecular weight is 467 g/mol. The van der Waals surface area contributed by atoms with Crippen molar-refractivity contribution in [3.8, 4) is 11.5 Å². The summed E-state index contributed by atoms with van der Waals surface area (Å²) in [6.07, 6.45) is 6.94. The third-order valence-electron chi connectivity index (χ3n) is 3.59. The van der Waals surface area contributed by atoms with Crippen LogP contribution < -0.4 is 10.5 Å². The number of anilines is 1. The van der Waals surface area contributed by atoms with Gasteiger partial charge in [0.05, 0.1) is 15.6 Å². The van der Waals surface area contributed by atoms with Crippen LogP contribution in [0.4, 0.5) is 15.1 Å². The molecule has 1 aliphatic heterocycles. The molecule has 3 rings (SSSR count). The number of hydrogen-bond acceptors (Lipinski definition) is 8. The van der Waals surface area contributed by atoms with Crippen molar-refractivity contribution in [2.75, 3.05) is 12.8 Å². The number of likely N-dealkylation sites (N-methyl/N-ethyl adjacent to an activating group) is 1. The lowest BCUT2D eigenvalue weighted by Crippen LogP contribution is -2.22. The van der Waals surface area contributed by atoms with Crippen LogP contribution in [0.15, 0.2) is 34.1 Å². The van der Waals surface area contributed by atoms with Gasteiger partial charge in [-0.2, -0.15) is 0 Å². The van der Waals surface area contributed by atoms with E-state index < -0.39 is 22.7 Å². The Bertz CT molecular complexity index is 1030. The smallest absolute Gasteiger partial charge is 0.293 e. The molecule has 0 unspecified atom stereocenters. The number of aromatic nitrogens is 2. The fraction of sp³-hybridized carbons (Fsp3) is 0.0588. The number of nitrogens with two attached hydrogens (primary N) is 1. The Morgan fingerprint density at radius 3 is 2.64 bits per heavy atom. The summed E-state index contributed by atoms with van der Waals surface area (Å²) in [6, 6.07) is 1.33. The van der Waals surface area contributed by atoms with Crippen LogP contribution in [0.2, 0.25) is 0 Å². The third kappa shape index (κ3) is 3.99. The van der Waals surface area contributed by atoms with Crippen molar-refractivity contribution in [3.05, 3.63) is 51.0 Å². The number of halogens is 2. The summed E-state index contributed by atoms with van der Waals surface area (Å²) < 4.78 is 19.6. The zero-order valence-corrected chi connectivity index (χ0v) is 16.6. The quantitative estimate of drug-likeness (QED) is 0.519. The molecule has 0 saturated carbocycles. The standard InChI is InChI=1S/C17H12BrFN4O4S/c1-23-15(25)11(28-17(23)26)5-9-4-10(14(24)13(19)12(9)18)27-3-2-8-6-21-16(20)22-7-8/h2-7,24H,1H3,(H2,20,21,22)/b3-2+,11-5-. The number of amides is 2. The molecule has 1 aromatic heterocycles. The van der Waals surface area contributed by atoms with Crippen LogP contribution in [-0.2, 0) is 4.79 Å². The molecule has 2 amide bonds. The molecule has 11 heteroatoms. The summed E-state index contributed by atoms with van der Waals surface area (Å²) in [5.74, 6) is -2.25. The molecule has 1 fully saturated rings. The van der Waals surface area contributed by atoms with E-state index in [1.807, 2.05) is 0 Å². The highest BCUT2D eigenvalue weighted by molar-refractivity contribution is 9.10. The van der Waals surface area contributed by atoms with Crippen molar-refractivity contribution < 1.29 is 23.8 Å². The van der Waals surface area contributed by atoms with Crippen molar-refractivity contribution in [2.45, 2.75) is 0 Å². The molecule has 0 spiro atoms. The maximum absolute atomic E-state index is 14.3. The second kappa shape index (κ2) is 7.98. The molecule has 1 aromatic carbocycles. The topological polar surface area (TPSA) is 119 Å². The average Bonchev–Trinajstić information content (AvgIpc) is 2.91. The Morgan fingerprint density at radius 2 is 2.04 bits per heavy atom. The largest absolute Gasteiger partial charge is 0.502 e. The zero-order chi connectivity index (χ0) is 20.4. The van der Waals surface area contributed by atoms with E-state index in [1.54, 1.807) is 0 Å². The summed E-state index contributed by atoms with van der Waals surface area (Å²) in [7, 11) is 1.35. The van der Waals surface area contributed by atoms with Gasteiger partial charge in [0.15, 0.2) is 17.3 Å². The van der Waals surface area contributed by atoms with Gasteiger partial charge in [-0.1, -0.05) is 0 Å². The van der Waals surface area contributed by atoms with E-state index in [4.69, 9.17) is 10.5 Å². The van der Waals surface area contributed by atoms with Crippen LogP contribution in [0.25, 0.3) is 12.2 Å². The highest BCUT2D eigenvalue weighted by Crippen LogP contribution is 2.39. The van der Waals surface area contributed by atoms with Crippen LogP contribution in [0.3, 0.4) is 0 Å². The highest BCUT2D eigenvalue weighted by Gasteiger charge is 2.32. The lowest BCUT2D eigenvalue weighted by molar-refractivity contribution is -0.121. The second-order valence-corrected chi connectivity index (χ2v) is 7.26. The van der Waals surface area contributed by atoms with Crippen LogP contribution in [-0.4, -0.2) is 38.2 Å². The number of hydrogen-bond donors (Lipinski definition) is 2. The molecule has 1 aliphatic rings. The van der Waals surface area contributed by atoms with Crippen LogP contribution in [0.1, 0.15) is 11.1 Å². The molecule has 0 atom stereocenters. The minimum absolute atomic E-state index is 0.0730. The van der Waals surface area contributed by atoms with Crippen molar-refractivity contribution in [1.82, 2.24) is 14.9 Å². The minimum Gasteiger partial charge on any atom is -0.502 e. The number of benzene rings is 1. The number of nitrogen functional groups attached to an aromatic ring is 1. The van der Waals surface area contributed by atoms with Gasteiger partial charge in [-0.3, -0.25) is 14.5 Å². The van der Waals surface area contributed by atoms with E-state index in [1.165, 1.54) is 43.9 Å². The summed E-state index contributed by atoms with van der Waals surface area (Å²) in [6.45, 7) is 0. The number of rotatable bonds is 4. The molecule has 2 aromatic rings. The first-order valence-electron chi connectivity index (χ1n) is 7.61. The van der Waals surface area contributed by atoms with Crippen molar-refractivity contribution in [1.29, 1.82) is 0 Å². The van der Waals surface area contributed by atoms with Gasteiger partial charge >= 0.3 is 0 Å². The first-order chi connectivity index (χ1) is 13.3. The monoisotopic (exact) mass is 466 g/mol. The van der Waals surface area contributed by atoms with Crippen LogP contribution in [0, 0.1) is 5.82 Å². The fourth-order valence-corrected chi connectivity index (χ4v) is 3.35. The van der Waals surface area contributed by atoms with Gasteiger partial charge in [-0.25, -0.2) is 14.4 Å². The van der Waals surface area contributed by atoms with Gasteiger partial charge in [0, 0.05) is 25.0 Å². The Hall–Kier alpha value is -2.92. The van der Waals surface area contributed by atoms with Crippen molar-refractivity contribution in [2.24, 2.45) is 0 Å². The third-order valence-corrected chi connectivity index (χ3v) is 5.36. The number of phenolic OH excluding ortho intramolecular Hbond substituents is 1. The van der Waals surface area contributed by atoms with Gasteiger partial charge in [0.1, 0.15) is 0 Å². The summed E-state index contributed by atoms with van der Waals surface area (Å²) in [5.41, 5.74) is 6.18. The predicted octanol–water partition coefficient (Wildman–Crippen LogP) is 3.38. The Labute approximate surface area is 171 Å². The number of carbonyl (C=O) groups is 2. The zero-order valence-electron chi connectivity index (χ0n) is 14.2. The number of imide groups is 1. The summed E-state index contributed by atoms with van der Waals surface area (Å²) >= 11 is 3.77. The van der Waals surface area contributed by atoms with Crippen LogP contribution in [0.5, 0.6) is 11.5 Å². The summed E-state index contributed by atoms with van der Waals surface area (Å²) in [5, 5.41) is 9.54. The molecule has 144 valence electrons.